The van der Waals surface area contributed by atoms with E-state index in [-0.39, 0.29) is 35.7 Å². The molecule has 0 spiro atoms. The van der Waals surface area contributed by atoms with Gasteiger partial charge in [0.2, 0.25) is 17.5 Å². The van der Waals surface area contributed by atoms with Gasteiger partial charge in [-0.3, -0.25) is 23.9 Å². The predicted octanol–water partition coefficient (Wildman–Crippen LogP) is 2.59. The highest BCUT2D eigenvalue weighted by Gasteiger charge is 2.35. The third-order valence-electron chi connectivity index (χ3n) is 7.71. The van der Waals surface area contributed by atoms with Crippen molar-refractivity contribution >= 4 is 55.9 Å². The molecule has 200 valence electrons. The Balaban J connectivity index is 1.37. The number of aliphatic hydroxyl groups is 2. The zero-order chi connectivity index (χ0) is 27.7. The fourth-order valence-electron chi connectivity index (χ4n) is 5.71. The van der Waals surface area contributed by atoms with Crippen LogP contribution in [-0.4, -0.2) is 60.1 Å². The number of hydrogen-bond acceptors (Lipinski definition) is 9. The first-order valence-corrected chi connectivity index (χ1v) is 12.8. The number of aromatic amines is 1. The van der Waals surface area contributed by atoms with Gasteiger partial charge in [-0.25, -0.2) is 4.98 Å². The van der Waals surface area contributed by atoms with Gasteiger partial charge in [-0.15, -0.1) is 0 Å². The second kappa shape index (κ2) is 8.91. The van der Waals surface area contributed by atoms with Crippen LogP contribution in [0, 0.1) is 6.92 Å². The lowest BCUT2D eigenvalue weighted by Gasteiger charge is -2.21. The van der Waals surface area contributed by atoms with E-state index in [2.05, 4.69) is 20.3 Å². The molecule has 1 aliphatic carbocycles. The summed E-state index contributed by atoms with van der Waals surface area (Å²) in [4.78, 5) is 49.9. The zero-order valence-corrected chi connectivity index (χ0v) is 21.2. The number of ether oxygens (including phenoxy) is 1. The number of rotatable bonds is 4. The molecule has 0 amide bonds. The lowest BCUT2D eigenvalue weighted by Crippen LogP contribution is -2.24. The van der Waals surface area contributed by atoms with Crippen molar-refractivity contribution in [2.45, 2.75) is 31.8 Å². The minimum Gasteiger partial charge on any atom is -0.394 e. The van der Waals surface area contributed by atoms with Crippen molar-refractivity contribution < 1.29 is 24.5 Å². The van der Waals surface area contributed by atoms with Gasteiger partial charge in [0, 0.05) is 23.6 Å². The van der Waals surface area contributed by atoms with Crippen LogP contribution in [0.5, 0.6) is 0 Å². The summed E-state index contributed by atoms with van der Waals surface area (Å²) < 4.78 is 7.25. The lowest BCUT2D eigenvalue weighted by molar-refractivity contribution is -0.111. The fraction of sp³-hybridized carbons (Fsp3) is 0.207. The number of hydrogen-bond donors (Lipinski definition) is 4. The summed E-state index contributed by atoms with van der Waals surface area (Å²) in [5, 5.41) is 26.5. The number of H-pyrrole nitrogens is 1. The number of aromatic nitrogens is 4. The summed E-state index contributed by atoms with van der Waals surface area (Å²) in [6.45, 7) is 1.66. The largest absolute Gasteiger partial charge is 0.394 e. The number of ketones is 2. The van der Waals surface area contributed by atoms with Gasteiger partial charge in [-0.1, -0.05) is 30.3 Å². The summed E-state index contributed by atoms with van der Waals surface area (Å²) >= 11 is 0. The first-order chi connectivity index (χ1) is 19.3. The topological polar surface area (TPSA) is 159 Å². The summed E-state index contributed by atoms with van der Waals surface area (Å²) in [5.41, 5.74) is 1.89. The molecule has 7 rings (SSSR count). The standard InChI is InChI=1S/C29H23N5O6/c1-13-15-5-3-2-4-14(15)8-18-16(13)6-7-17-24(18)19(9-21(37)26(17)38)31-29-32-27-25(28(39)33-29)30-12-34(27)23-10-20(36)22(11-35)40-23/h2-9,12,20,22-23,35-36H,10-11H2,1H3,(H2,31,32,33,39)/t20-,22+,23+/m0/s1. The summed E-state index contributed by atoms with van der Waals surface area (Å²) in [7, 11) is 0. The number of aryl methyl sites for hydroxylation is 1. The Morgan fingerprint density at radius 3 is 2.75 bits per heavy atom. The third-order valence-corrected chi connectivity index (χ3v) is 7.71. The van der Waals surface area contributed by atoms with Gasteiger partial charge in [0.15, 0.2) is 11.2 Å². The van der Waals surface area contributed by atoms with E-state index in [1.54, 1.807) is 6.07 Å². The minimum absolute atomic E-state index is 0.0327. The highest BCUT2D eigenvalue weighted by Crippen LogP contribution is 2.37. The normalized spacial score (nSPS) is 20.9. The van der Waals surface area contributed by atoms with Crippen LogP contribution >= 0.6 is 0 Å². The van der Waals surface area contributed by atoms with Crippen molar-refractivity contribution in [3.05, 3.63) is 81.9 Å². The van der Waals surface area contributed by atoms with Crippen molar-refractivity contribution in [2.75, 3.05) is 11.9 Å². The molecule has 0 unspecified atom stereocenters. The van der Waals surface area contributed by atoms with Crippen LogP contribution in [0.4, 0.5) is 5.95 Å². The highest BCUT2D eigenvalue weighted by atomic mass is 16.5. The number of benzene rings is 3. The van der Waals surface area contributed by atoms with Crippen molar-refractivity contribution in [3.63, 3.8) is 0 Å². The van der Waals surface area contributed by atoms with E-state index in [1.807, 2.05) is 43.3 Å². The number of anilines is 1. The van der Waals surface area contributed by atoms with E-state index < -0.39 is 35.6 Å². The molecule has 1 fully saturated rings. The number of fused-ring (bicyclic) bond motifs is 5. The van der Waals surface area contributed by atoms with Crippen molar-refractivity contribution in [3.8, 4) is 0 Å². The first kappa shape index (κ1) is 24.3. The molecule has 11 heteroatoms. The smallest absolute Gasteiger partial charge is 0.280 e. The van der Waals surface area contributed by atoms with E-state index >= 15 is 0 Å². The monoisotopic (exact) mass is 537 g/mol. The quantitative estimate of drug-likeness (QED) is 0.200. The van der Waals surface area contributed by atoms with Gasteiger partial charge >= 0.3 is 0 Å². The molecular formula is C29H23N5O6. The molecule has 1 saturated heterocycles. The number of aliphatic hydroxyl groups excluding tert-OH is 2. The number of carbonyl (C=O) groups is 2. The number of Topliss-reactive ketones (excluding diaryl/α,β-unsaturated/α-hetero) is 1. The number of carbonyl (C=O) groups excluding carboxylic acids is 2. The Morgan fingerprint density at radius 2 is 1.95 bits per heavy atom. The number of nitrogens with zero attached hydrogens (tertiary/aromatic N) is 3. The molecule has 3 heterocycles. The van der Waals surface area contributed by atoms with E-state index in [1.165, 1.54) is 17.0 Å². The molecule has 3 atom stereocenters. The Kier molecular flexibility index (Phi) is 5.42. The molecule has 5 aromatic rings. The molecule has 0 saturated carbocycles. The maximum absolute atomic E-state index is 12.9. The van der Waals surface area contributed by atoms with Crippen LogP contribution in [0.3, 0.4) is 0 Å². The molecule has 40 heavy (non-hydrogen) atoms. The van der Waals surface area contributed by atoms with Crippen LogP contribution in [0.2, 0.25) is 0 Å². The zero-order valence-electron chi connectivity index (χ0n) is 21.2. The Bertz CT molecular complexity index is 1990. The molecule has 4 N–H and O–H groups in total. The Hall–Kier alpha value is -4.71. The molecule has 2 aromatic heterocycles. The summed E-state index contributed by atoms with van der Waals surface area (Å²) in [6, 6.07) is 13.4. The maximum atomic E-state index is 12.9. The average molecular weight is 538 g/mol. The SMILES string of the molecule is Cc1c2ccccc2cc2c3c(ccc12)C(=O)C(=O)C=C3Nc1nc2c(ncn2[C@H]2C[C@H](O)[C@@H](CO)O2)c(=O)[nH]1. The summed E-state index contributed by atoms with van der Waals surface area (Å²) in [5.74, 6) is -1.27. The van der Waals surface area contributed by atoms with Crippen molar-refractivity contribution in [1.29, 1.82) is 0 Å². The average Bonchev–Trinajstić information content (AvgIpc) is 3.54. The summed E-state index contributed by atoms with van der Waals surface area (Å²) in [6.07, 6.45) is 0.468. The predicted molar refractivity (Wildman–Crippen MR) is 147 cm³/mol. The highest BCUT2D eigenvalue weighted by molar-refractivity contribution is 6.51. The van der Waals surface area contributed by atoms with Crippen LogP contribution in [0.15, 0.2) is 59.7 Å². The molecular weight excluding hydrogens is 514 g/mol. The van der Waals surface area contributed by atoms with Gasteiger partial charge in [-0.2, -0.15) is 4.98 Å². The van der Waals surface area contributed by atoms with Gasteiger partial charge in [0.05, 0.1) is 24.7 Å². The molecule has 2 aliphatic rings. The van der Waals surface area contributed by atoms with Crippen molar-refractivity contribution in [2.24, 2.45) is 0 Å². The molecule has 1 aliphatic heterocycles. The molecule has 0 radical (unpaired) electrons. The first-order valence-electron chi connectivity index (χ1n) is 12.8. The molecule has 3 aromatic carbocycles. The minimum atomic E-state index is -0.882. The van der Waals surface area contributed by atoms with Crippen LogP contribution in [-0.2, 0) is 9.53 Å². The maximum Gasteiger partial charge on any atom is 0.280 e. The van der Waals surface area contributed by atoms with Crippen molar-refractivity contribution in [1.82, 2.24) is 19.5 Å². The van der Waals surface area contributed by atoms with Gasteiger partial charge in [-0.05, 0) is 46.2 Å². The van der Waals surface area contributed by atoms with Crippen LogP contribution in [0.25, 0.3) is 38.4 Å². The van der Waals surface area contributed by atoms with Gasteiger partial charge in [0.1, 0.15) is 12.3 Å². The van der Waals surface area contributed by atoms with Gasteiger partial charge in [0.25, 0.3) is 5.56 Å². The van der Waals surface area contributed by atoms with Gasteiger partial charge < -0.3 is 20.3 Å². The fourth-order valence-corrected chi connectivity index (χ4v) is 5.71. The second-order valence-electron chi connectivity index (χ2n) is 10.0. The molecule has 11 nitrogen and oxygen atoms in total. The van der Waals surface area contributed by atoms with E-state index in [0.29, 0.717) is 11.3 Å². The lowest BCUT2D eigenvalue weighted by atomic mass is 9.86. The Morgan fingerprint density at radius 1 is 1.12 bits per heavy atom. The van der Waals surface area contributed by atoms with Crippen LogP contribution in [0.1, 0.15) is 34.1 Å². The second-order valence-corrected chi connectivity index (χ2v) is 10.0. The van der Waals surface area contributed by atoms with E-state index in [4.69, 9.17) is 4.74 Å². The number of nitrogens with one attached hydrogen (secondary N) is 2. The van der Waals surface area contributed by atoms with E-state index in [0.717, 1.165) is 27.1 Å². The number of imidazole rings is 1. The molecule has 0 bridgehead atoms. The Labute approximate surface area is 225 Å². The van der Waals surface area contributed by atoms with Crippen LogP contribution < -0.4 is 10.9 Å². The third kappa shape index (κ3) is 3.59. The van der Waals surface area contributed by atoms with E-state index in [9.17, 15) is 24.6 Å². The number of allylic oxidation sites excluding steroid dienone is 1.